The van der Waals surface area contributed by atoms with Gasteiger partial charge in [0.25, 0.3) is 0 Å². The van der Waals surface area contributed by atoms with Crippen LogP contribution in [0.2, 0.25) is 5.02 Å². The highest BCUT2D eigenvalue weighted by molar-refractivity contribution is 7.98. The van der Waals surface area contributed by atoms with Gasteiger partial charge in [0.2, 0.25) is 0 Å². The summed E-state index contributed by atoms with van der Waals surface area (Å²) in [6, 6.07) is 6.20. The standard InChI is InChI=1S/C16H19ClN2S3/c1-11-7-12(2)15(14(17)8-11)19-16(20)18-4-6-22-10-13-3-5-21-9-13/h3,5,7-9H,4,6,10H2,1-2H3,(H2,18,19,20). The Hall–Kier alpha value is -0.750. The number of halogens is 1. The van der Waals surface area contributed by atoms with Crippen LogP contribution >= 0.6 is 46.9 Å². The third-order valence-corrected chi connectivity index (χ3v) is 5.36. The highest BCUT2D eigenvalue weighted by atomic mass is 35.5. The molecule has 0 aliphatic heterocycles. The first-order valence-corrected chi connectivity index (χ1v) is 9.85. The van der Waals surface area contributed by atoms with Crippen LogP contribution < -0.4 is 10.6 Å². The van der Waals surface area contributed by atoms with Crippen LogP contribution in [0.15, 0.2) is 29.0 Å². The first kappa shape index (κ1) is 17.6. The topological polar surface area (TPSA) is 24.1 Å². The fourth-order valence-electron chi connectivity index (χ4n) is 2.03. The van der Waals surface area contributed by atoms with E-state index in [2.05, 4.69) is 33.5 Å². The lowest BCUT2D eigenvalue weighted by molar-refractivity contribution is 0.989. The molecule has 0 aliphatic carbocycles. The van der Waals surface area contributed by atoms with Crippen molar-refractivity contribution in [2.24, 2.45) is 0 Å². The van der Waals surface area contributed by atoms with E-state index >= 15 is 0 Å². The van der Waals surface area contributed by atoms with Gasteiger partial charge >= 0.3 is 0 Å². The second kappa shape index (κ2) is 8.77. The van der Waals surface area contributed by atoms with Crippen molar-refractivity contribution < 1.29 is 0 Å². The predicted octanol–water partition coefficient (Wildman–Crippen LogP) is 5.24. The van der Waals surface area contributed by atoms with Gasteiger partial charge in [0.05, 0.1) is 10.7 Å². The molecule has 6 heteroatoms. The molecule has 0 saturated carbocycles. The summed E-state index contributed by atoms with van der Waals surface area (Å²) in [7, 11) is 0. The Kier molecular flexibility index (Phi) is 7.02. The van der Waals surface area contributed by atoms with Gasteiger partial charge in [-0.25, -0.2) is 0 Å². The molecule has 2 nitrogen and oxygen atoms in total. The van der Waals surface area contributed by atoms with Crippen molar-refractivity contribution in [2.45, 2.75) is 19.6 Å². The molecule has 1 heterocycles. The van der Waals surface area contributed by atoms with E-state index in [1.807, 2.05) is 31.7 Å². The van der Waals surface area contributed by atoms with Crippen molar-refractivity contribution in [3.63, 3.8) is 0 Å². The zero-order valence-corrected chi connectivity index (χ0v) is 15.8. The third kappa shape index (κ3) is 5.47. The number of thiocarbonyl (C=S) groups is 1. The molecule has 22 heavy (non-hydrogen) atoms. The van der Waals surface area contributed by atoms with Crippen molar-refractivity contribution in [3.8, 4) is 0 Å². The van der Waals surface area contributed by atoms with Crippen molar-refractivity contribution in [1.82, 2.24) is 5.32 Å². The fourth-order valence-corrected chi connectivity index (χ4v) is 4.19. The molecule has 2 N–H and O–H groups in total. The van der Waals surface area contributed by atoms with Gasteiger partial charge in [-0.05, 0) is 65.6 Å². The summed E-state index contributed by atoms with van der Waals surface area (Å²) in [6.07, 6.45) is 0. The first-order chi connectivity index (χ1) is 10.6. The molecule has 1 aromatic heterocycles. The van der Waals surface area contributed by atoms with Gasteiger partial charge in [0, 0.05) is 18.1 Å². The van der Waals surface area contributed by atoms with Crippen LogP contribution in [0.5, 0.6) is 0 Å². The van der Waals surface area contributed by atoms with E-state index < -0.39 is 0 Å². The number of hydrogen-bond acceptors (Lipinski definition) is 3. The summed E-state index contributed by atoms with van der Waals surface area (Å²) < 4.78 is 0. The van der Waals surface area contributed by atoms with Crippen LogP contribution in [0.3, 0.4) is 0 Å². The van der Waals surface area contributed by atoms with E-state index in [0.29, 0.717) is 10.1 Å². The largest absolute Gasteiger partial charge is 0.362 e. The van der Waals surface area contributed by atoms with Crippen molar-refractivity contribution in [2.75, 3.05) is 17.6 Å². The maximum Gasteiger partial charge on any atom is 0.170 e. The number of thiophene rings is 1. The number of aryl methyl sites for hydroxylation is 2. The highest BCUT2D eigenvalue weighted by Crippen LogP contribution is 2.27. The average Bonchev–Trinajstić information content (AvgIpc) is 2.95. The van der Waals surface area contributed by atoms with E-state index in [-0.39, 0.29) is 0 Å². The highest BCUT2D eigenvalue weighted by Gasteiger charge is 2.07. The number of benzene rings is 1. The molecule has 0 atom stereocenters. The third-order valence-electron chi connectivity index (χ3n) is 3.05. The average molecular weight is 371 g/mol. The SMILES string of the molecule is Cc1cc(C)c(NC(=S)NCCSCc2ccsc2)c(Cl)c1. The Morgan fingerprint density at radius 2 is 2.18 bits per heavy atom. The number of thioether (sulfide) groups is 1. The molecule has 1 aromatic carbocycles. The summed E-state index contributed by atoms with van der Waals surface area (Å²) in [5.74, 6) is 2.06. The molecule has 2 rings (SSSR count). The lowest BCUT2D eigenvalue weighted by atomic mass is 10.1. The van der Waals surface area contributed by atoms with Crippen LogP contribution in [-0.4, -0.2) is 17.4 Å². The summed E-state index contributed by atoms with van der Waals surface area (Å²) in [4.78, 5) is 0. The number of nitrogens with one attached hydrogen (secondary N) is 2. The molecule has 0 unspecified atom stereocenters. The molecule has 0 radical (unpaired) electrons. The Bertz CT molecular complexity index is 603. The quantitative estimate of drug-likeness (QED) is 0.536. The molecule has 0 aliphatic rings. The molecule has 0 saturated heterocycles. The zero-order chi connectivity index (χ0) is 15.9. The van der Waals surface area contributed by atoms with Crippen molar-refractivity contribution in [1.29, 1.82) is 0 Å². The van der Waals surface area contributed by atoms with E-state index in [1.165, 1.54) is 5.56 Å². The summed E-state index contributed by atoms with van der Waals surface area (Å²) in [6.45, 7) is 4.90. The van der Waals surface area contributed by atoms with Gasteiger partial charge in [-0.15, -0.1) is 0 Å². The predicted molar refractivity (Wildman–Crippen MR) is 106 cm³/mol. The molecule has 0 amide bonds. The minimum Gasteiger partial charge on any atom is -0.362 e. The van der Waals surface area contributed by atoms with Crippen molar-refractivity contribution in [3.05, 3.63) is 50.7 Å². The van der Waals surface area contributed by atoms with Gasteiger partial charge in [0.1, 0.15) is 0 Å². The molecular weight excluding hydrogens is 352 g/mol. The number of hydrogen-bond donors (Lipinski definition) is 2. The number of anilines is 1. The minimum absolute atomic E-state index is 0.616. The molecule has 2 aromatic rings. The van der Waals surface area contributed by atoms with E-state index in [9.17, 15) is 0 Å². The maximum absolute atomic E-state index is 6.27. The van der Waals surface area contributed by atoms with E-state index in [4.69, 9.17) is 23.8 Å². The zero-order valence-electron chi connectivity index (χ0n) is 12.6. The lowest BCUT2D eigenvalue weighted by Gasteiger charge is -2.14. The van der Waals surface area contributed by atoms with E-state index in [1.54, 1.807) is 11.3 Å². The monoisotopic (exact) mass is 370 g/mol. The Morgan fingerprint density at radius 1 is 1.36 bits per heavy atom. The summed E-state index contributed by atoms with van der Waals surface area (Å²) in [5.41, 5.74) is 4.52. The van der Waals surface area contributed by atoms with Crippen LogP contribution in [0, 0.1) is 13.8 Å². The minimum atomic E-state index is 0.616. The summed E-state index contributed by atoms with van der Waals surface area (Å²) in [5, 5.41) is 12.0. The molecule has 0 fully saturated rings. The van der Waals surface area contributed by atoms with Gasteiger partial charge < -0.3 is 10.6 Å². The Labute approximate surface area is 150 Å². The number of rotatable bonds is 6. The maximum atomic E-state index is 6.27. The van der Waals surface area contributed by atoms with Gasteiger partial charge in [0.15, 0.2) is 5.11 Å². The van der Waals surface area contributed by atoms with Crippen LogP contribution in [-0.2, 0) is 5.75 Å². The second-order valence-corrected chi connectivity index (χ2v) is 7.70. The summed E-state index contributed by atoms with van der Waals surface area (Å²) >= 11 is 15.2. The molecule has 0 bridgehead atoms. The van der Waals surface area contributed by atoms with Crippen LogP contribution in [0.25, 0.3) is 0 Å². The normalized spacial score (nSPS) is 10.5. The Morgan fingerprint density at radius 3 is 2.86 bits per heavy atom. The van der Waals surface area contributed by atoms with Crippen molar-refractivity contribution >= 4 is 57.7 Å². The second-order valence-electron chi connectivity index (χ2n) is 5.00. The lowest BCUT2D eigenvalue weighted by Crippen LogP contribution is -2.30. The molecule has 0 spiro atoms. The van der Waals surface area contributed by atoms with Gasteiger partial charge in [-0.2, -0.15) is 23.1 Å². The molecular formula is C16H19ClN2S3. The van der Waals surface area contributed by atoms with E-state index in [0.717, 1.165) is 34.9 Å². The Balaban J connectivity index is 1.72. The molecule has 118 valence electrons. The fraction of sp³-hybridized carbons (Fsp3) is 0.312. The van der Waals surface area contributed by atoms with Crippen LogP contribution in [0.4, 0.5) is 5.69 Å². The first-order valence-electron chi connectivity index (χ1n) is 6.96. The smallest absolute Gasteiger partial charge is 0.170 e. The van der Waals surface area contributed by atoms with Gasteiger partial charge in [-0.3, -0.25) is 0 Å². The van der Waals surface area contributed by atoms with Gasteiger partial charge in [-0.1, -0.05) is 17.7 Å². The van der Waals surface area contributed by atoms with Crippen LogP contribution in [0.1, 0.15) is 16.7 Å².